The van der Waals surface area contributed by atoms with E-state index < -0.39 is 26.9 Å². The van der Waals surface area contributed by atoms with Crippen LogP contribution in [0.2, 0.25) is 0 Å². The molecule has 0 spiro atoms. The SMILES string of the molecule is CCCS(=O)(=O)N1CCC[C@@H]1C(=O)Nc1cccc([N+](=O)[O-])c1. The van der Waals surface area contributed by atoms with Crippen molar-refractivity contribution in [3.05, 3.63) is 34.4 Å². The largest absolute Gasteiger partial charge is 0.324 e. The number of carbonyl (C=O) groups excluding carboxylic acids is 1. The Bertz CT molecular complexity index is 704. The predicted molar refractivity (Wildman–Crippen MR) is 85.5 cm³/mol. The number of hydrogen-bond acceptors (Lipinski definition) is 5. The van der Waals surface area contributed by atoms with Gasteiger partial charge in [0.15, 0.2) is 0 Å². The van der Waals surface area contributed by atoms with Crippen molar-refractivity contribution in [2.45, 2.75) is 32.2 Å². The smallest absolute Gasteiger partial charge is 0.271 e. The van der Waals surface area contributed by atoms with Gasteiger partial charge in [0.05, 0.1) is 10.7 Å². The molecule has 8 nitrogen and oxygen atoms in total. The van der Waals surface area contributed by atoms with Gasteiger partial charge in [-0.15, -0.1) is 0 Å². The maximum absolute atomic E-state index is 12.4. The molecular weight excluding hydrogens is 322 g/mol. The van der Waals surface area contributed by atoms with Crippen molar-refractivity contribution < 1.29 is 18.1 Å². The molecule has 0 saturated carbocycles. The Morgan fingerprint density at radius 2 is 2.22 bits per heavy atom. The second kappa shape index (κ2) is 7.05. The maximum Gasteiger partial charge on any atom is 0.271 e. The van der Waals surface area contributed by atoms with Gasteiger partial charge in [-0.05, 0) is 25.3 Å². The van der Waals surface area contributed by atoms with E-state index in [2.05, 4.69) is 5.32 Å². The van der Waals surface area contributed by atoms with Crippen LogP contribution in [0.5, 0.6) is 0 Å². The summed E-state index contributed by atoms with van der Waals surface area (Å²) < 4.78 is 25.6. The van der Waals surface area contributed by atoms with E-state index in [0.717, 1.165) is 0 Å². The first-order chi connectivity index (χ1) is 10.8. The number of benzene rings is 1. The second-order valence-electron chi connectivity index (χ2n) is 5.38. The van der Waals surface area contributed by atoms with Gasteiger partial charge in [0, 0.05) is 24.4 Å². The molecule has 0 aromatic heterocycles. The van der Waals surface area contributed by atoms with Crippen LogP contribution in [-0.4, -0.2) is 41.9 Å². The van der Waals surface area contributed by atoms with Gasteiger partial charge in [-0.2, -0.15) is 4.31 Å². The molecule has 1 atom stereocenters. The van der Waals surface area contributed by atoms with E-state index in [-0.39, 0.29) is 17.1 Å². The lowest BCUT2D eigenvalue weighted by Gasteiger charge is -2.23. The minimum absolute atomic E-state index is 0.00753. The third-order valence-electron chi connectivity index (χ3n) is 3.65. The lowest BCUT2D eigenvalue weighted by Crippen LogP contribution is -2.44. The minimum Gasteiger partial charge on any atom is -0.324 e. The number of non-ortho nitro benzene ring substituents is 1. The van der Waals surface area contributed by atoms with Crippen LogP contribution in [0.1, 0.15) is 26.2 Å². The number of amides is 1. The number of nitro benzene ring substituents is 1. The number of nitro groups is 1. The molecule has 2 rings (SSSR count). The second-order valence-corrected chi connectivity index (χ2v) is 7.42. The fourth-order valence-electron chi connectivity index (χ4n) is 2.63. The van der Waals surface area contributed by atoms with E-state index in [4.69, 9.17) is 0 Å². The zero-order valence-corrected chi connectivity index (χ0v) is 13.6. The first-order valence-electron chi connectivity index (χ1n) is 7.40. The molecule has 0 aliphatic carbocycles. The highest BCUT2D eigenvalue weighted by molar-refractivity contribution is 7.89. The zero-order valence-electron chi connectivity index (χ0n) is 12.8. The van der Waals surface area contributed by atoms with Crippen molar-refractivity contribution in [2.75, 3.05) is 17.6 Å². The Kier molecular flexibility index (Phi) is 5.32. The molecule has 9 heteroatoms. The summed E-state index contributed by atoms with van der Waals surface area (Å²) in [5.41, 5.74) is 0.147. The number of carbonyl (C=O) groups is 1. The third-order valence-corrected chi connectivity index (χ3v) is 5.73. The molecule has 1 fully saturated rings. The molecule has 1 amide bonds. The quantitative estimate of drug-likeness (QED) is 0.626. The van der Waals surface area contributed by atoms with Crippen molar-refractivity contribution in [3.63, 3.8) is 0 Å². The Labute approximate surface area is 134 Å². The monoisotopic (exact) mass is 341 g/mol. The van der Waals surface area contributed by atoms with Gasteiger partial charge < -0.3 is 5.32 Å². The van der Waals surface area contributed by atoms with Crippen LogP contribution in [0.15, 0.2) is 24.3 Å². The molecule has 0 bridgehead atoms. The fraction of sp³-hybridized carbons (Fsp3) is 0.500. The molecule has 1 aromatic rings. The molecule has 23 heavy (non-hydrogen) atoms. The van der Waals surface area contributed by atoms with Gasteiger partial charge >= 0.3 is 0 Å². The molecule has 1 saturated heterocycles. The molecule has 1 N–H and O–H groups in total. The van der Waals surface area contributed by atoms with E-state index in [1.807, 2.05) is 0 Å². The fourth-order valence-corrected chi connectivity index (χ4v) is 4.38. The highest BCUT2D eigenvalue weighted by Crippen LogP contribution is 2.24. The lowest BCUT2D eigenvalue weighted by atomic mass is 10.2. The average Bonchev–Trinajstić information content (AvgIpc) is 2.98. The summed E-state index contributed by atoms with van der Waals surface area (Å²) in [7, 11) is -3.45. The van der Waals surface area contributed by atoms with Crippen LogP contribution >= 0.6 is 0 Å². The molecule has 1 aliphatic heterocycles. The van der Waals surface area contributed by atoms with Crippen LogP contribution < -0.4 is 5.32 Å². The van der Waals surface area contributed by atoms with Gasteiger partial charge in [-0.25, -0.2) is 8.42 Å². The summed E-state index contributed by atoms with van der Waals surface area (Å²) in [5, 5.41) is 13.3. The standard InChI is InChI=1S/C14H19N3O5S/c1-2-9-23(21,22)16-8-4-7-13(16)14(18)15-11-5-3-6-12(10-11)17(19)20/h3,5-6,10,13H,2,4,7-9H2,1H3,(H,15,18)/t13-/m1/s1. The van der Waals surface area contributed by atoms with E-state index in [1.165, 1.54) is 28.6 Å². The van der Waals surface area contributed by atoms with Gasteiger partial charge in [0.25, 0.3) is 5.69 Å². The number of sulfonamides is 1. The molecular formula is C14H19N3O5S. The van der Waals surface area contributed by atoms with Gasteiger partial charge in [0.1, 0.15) is 6.04 Å². The van der Waals surface area contributed by atoms with Gasteiger partial charge in [-0.3, -0.25) is 14.9 Å². The Hall–Kier alpha value is -2.00. The minimum atomic E-state index is -3.45. The molecule has 1 aromatic carbocycles. The first-order valence-corrected chi connectivity index (χ1v) is 9.01. The molecule has 0 radical (unpaired) electrons. The van der Waals surface area contributed by atoms with Crippen molar-refractivity contribution >= 4 is 27.3 Å². The Morgan fingerprint density at radius 3 is 2.87 bits per heavy atom. The van der Waals surface area contributed by atoms with Crippen LogP contribution in [0.4, 0.5) is 11.4 Å². The van der Waals surface area contributed by atoms with Crippen molar-refractivity contribution in [2.24, 2.45) is 0 Å². The van der Waals surface area contributed by atoms with Crippen molar-refractivity contribution in [1.82, 2.24) is 4.31 Å². The summed E-state index contributed by atoms with van der Waals surface area (Å²) >= 11 is 0. The summed E-state index contributed by atoms with van der Waals surface area (Å²) in [6.07, 6.45) is 1.55. The molecule has 1 aliphatic rings. The van der Waals surface area contributed by atoms with Gasteiger partial charge in [-0.1, -0.05) is 13.0 Å². The summed E-state index contributed by atoms with van der Waals surface area (Å²) in [5.74, 6) is -0.448. The predicted octanol–water partition coefficient (Wildman–Crippen LogP) is 1.74. The van der Waals surface area contributed by atoms with Gasteiger partial charge in [0.2, 0.25) is 15.9 Å². The number of anilines is 1. The summed E-state index contributed by atoms with van der Waals surface area (Å²) in [6, 6.07) is 4.81. The number of nitrogens with zero attached hydrogens (tertiary/aromatic N) is 2. The third kappa shape index (κ3) is 4.05. The Balaban J connectivity index is 2.14. The lowest BCUT2D eigenvalue weighted by molar-refractivity contribution is -0.384. The summed E-state index contributed by atoms with van der Waals surface area (Å²) in [4.78, 5) is 22.6. The average molecular weight is 341 g/mol. The first kappa shape index (κ1) is 17.4. The Morgan fingerprint density at radius 1 is 1.48 bits per heavy atom. The highest BCUT2D eigenvalue weighted by atomic mass is 32.2. The van der Waals surface area contributed by atoms with E-state index >= 15 is 0 Å². The number of nitrogens with one attached hydrogen (secondary N) is 1. The maximum atomic E-state index is 12.4. The molecule has 0 unspecified atom stereocenters. The van der Waals surface area contributed by atoms with Crippen LogP contribution in [0.25, 0.3) is 0 Å². The van der Waals surface area contributed by atoms with E-state index in [9.17, 15) is 23.3 Å². The van der Waals surface area contributed by atoms with Crippen LogP contribution in [-0.2, 0) is 14.8 Å². The van der Waals surface area contributed by atoms with Crippen LogP contribution in [0.3, 0.4) is 0 Å². The summed E-state index contributed by atoms with van der Waals surface area (Å²) in [6.45, 7) is 2.10. The topological polar surface area (TPSA) is 110 Å². The zero-order chi connectivity index (χ0) is 17.0. The molecule has 126 valence electrons. The number of rotatable bonds is 6. The van der Waals surface area contributed by atoms with Crippen molar-refractivity contribution in [1.29, 1.82) is 0 Å². The normalized spacial score (nSPS) is 18.7. The highest BCUT2D eigenvalue weighted by Gasteiger charge is 2.38. The van der Waals surface area contributed by atoms with E-state index in [1.54, 1.807) is 6.92 Å². The van der Waals surface area contributed by atoms with E-state index in [0.29, 0.717) is 25.8 Å². The number of hydrogen-bond donors (Lipinski definition) is 1. The van der Waals surface area contributed by atoms with Crippen LogP contribution in [0, 0.1) is 10.1 Å². The van der Waals surface area contributed by atoms with Crippen molar-refractivity contribution in [3.8, 4) is 0 Å². The molecule has 1 heterocycles.